The van der Waals surface area contributed by atoms with Crippen LogP contribution in [0.25, 0.3) is 0 Å². The number of aromatic hydroxyl groups is 1. The van der Waals surface area contributed by atoms with Crippen molar-refractivity contribution in [1.29, 1.82) is 0 Å². The van der Waals surface area contributed by atoms with E-state index >= 15 is 0 Å². The van der Waals surface area contributed by atoms with Crippen LogP contribution in [0.15, 0.2) is 24.3 Å². The monoisotopic (exact) mass is 207 g/mol. The van der Waals surface area contributed by atoms with Crippen LogP contribution in [0.4, 0.5) is 5.69 Å². The second-order valence-corrected chi connectivity index (χ2v) is 3.78. The maximum atomic E-state index is 11.6. The van der Waals surface area contributed by atoms with Crippen LogP contribution in [0.2, 0.25) is 0 Å². The summed E-state index contributed by atoms with van der Waals surface area (Å²) in [5, 5.41) is 18.3. The van der Waals surface area contributed by atoms with Crippen molar-refractivity contribution in [3.05, 3.63) is 24.3 Å². The molecule has 1 fully saturated rings. The fourth-order valence-electron chi connectivity index (χ4n) is 1.81. The number of phenolic OH excluding ortho intramolecular Hbond substituents is 1. The summed E-state index contributed by atoms with van der Waals surface area (Å²) in [6.45, 7) is 0.555. The largest absolute Gasteiger partial charge is 0.508 e. The van der Waals surface area contributed by atoms with E-state index in [4.69, 9.17) is 5.11 Å². The molecular weight excluding hydrogens is 194 g/mol. The Kier molecular flexibility index (Phi) is 2.60. The highest BCUT2D eigenvalue weighted by Gasteiger charge is 2.29. The lowest BCUT2D eigenvalue weighted by molar-refractivity contribution is -0.117. The molecule has 2 N–H and O–H groups in total. The van der Waals surface area contributed by atoms with Crippen LogP contribution in [0.5, 0.6) is 5.75 Å². The molecule has 0 bridgehead atoms. The molecule has 1 saturated heterocycles. The third-order valence-electron chi connectivity index (χ3n) is 2.60. The summed E-state index contributed by atoms with van der Waals surface area (Å²) in [5.74, 6) is 0.159. The Morgan fingerprint density at radius 1 is 1.47 bits per heavy atom. The molecule has 1 amide bonds. The molecule has 1 aliphatic rings. The Morgan fingerprint density at radius 3 is 2.87 bits per heavy atom. The van der Waals surface area contributed by atoms with Gasteiger partial charge in [-0.15, -0.1) is 0 Å². The van der Waals surface area contributed by atoms with Crippen molar-refractivity contribution in [3.8, 4) is 5.75 Å². The highest BCUT2D eigenvalue weighted by molar-refractivity contribution is 5.95. The summed E-state index contributed by atoms with van der Waals surface area (Å²) in [7, 11) is 0. The van der Waals surface area contributed by atoms with E-state index in [0.717, 1.165) is 0 Å². The SMILES string of the molecule is O=C1CC(CO)CN1c1cccc(O)c1. The quantitative estimate of drug-likeness (QED) is 0.751. The predicted octanol–water partition coefficient (Wildman–Crippen LogP) is 0.737. The zero-order valence-electron chi connectivity index (χ0n) is 8.26. The van der Waals surface area contributed by atoms with E-state index in [-0.39, 0.29) is 24.2 Å². The standard InChI is InChI=1S/C11H13NO3/c13-7-8-4-11(15)12(6-8)9-2-1-3-10(14)5-9/h1-3,5,8,13-14H,4,6-7H2. The van der Waals surface area contributed by atoms with Gasteiger partial charge in [-0.3, -0.25) is 4.79 Å². The number of nitrogens with zero attached hydrogens (tertiary/aromatic N) is 1. The molecule has 1 aromatic rings. The van der Waals surface area contributed by atoms with Crippen molar-refractivity contribution in [2.24, 2.45) is 5.92 Å². The van der Waals surface area contributed by atoms with Gasteiger partial charge in [-0.25, -0.2) is 0 Å². The van der Waals surface area contributed by atoms with E-state index in [2.05, 4.69) is 0 Å². The second kappa shape index (κ2) is 3.90. The topological polar surface area (TPSA) is 60.8 Å². The molecule has 0 radical (unpaired) electrons. The Morgan fingerprint density at radius 2 is 2.27 bits per heavy atom. The van der Waals surface area contributed by atoms with Gasteiger partial charge in [0.05, 0.1) is 0 Å². The van der Waals surface area contributed by atoms with E-state index in [1.54, 1.807) is 29.2 Å². The van der Waals surface area contributed by atoms with Crippen molar-refractivity contribution in [2.45, 2.75) is 6.42 Å². The lowest BCUT2D eigenvalue weighted by atomic mass is 10.1. The Balaban J connectivity index is 2.21. The van der Waals surface area contributed by atoms with Crippen molar-refractivity contribution < 1.29 is 15.0 Å². The number of aliphatic hydroxyl groups excluding tert-OH is 1. The van der Waals surface area contributed by atoms with E-state index in [9.17, 15) is 9.90 Å². The number of hydrogen-bond acceptors (Lipinski definition) is 3. The molecule has 0 saturated carbocycles. The molecule has 2 rings (SSSR count). The summed E-state index contributed by atoms with van der Waals surface area (Å²) in [6, 6.07) is 6.59. The minimum Gasteiger partial charge on any atom is -0.508 e. The molecule has 1 heterocycles. The lowest BCUT2D eigenvalue weighted by Crippen LogP contribution is -2.24. The minimum atomic E-state index is -0.000324. The van der Waals surface area contributed by atoms with Gasteiger partial charge >= 0.3 is 0 Å². The normalized spacial score (nSPS) is 21.0. The molecule has 4 heteroatoms. The zero-order chi connectivity index (χ0) is 10.8. The van der Waals surface area contributed by atoms with E-state index < -0.39 is 0 Å². The Hall–Kier alpha value is -1.55. The van der Waals surface area contributed by atoms with Crippen molar-refractivity contribution in [3.63, 3.8) is 0 Å². The van der Waals surface area contributed by atoms with Crippen LogP contribution < -0.4 is 4.90 Å². The number of benzene rings is 1. The Bertz CT molecular complexity index is 378. The van der Waals surface area contributed by atoms with Gasteiger partial charge in [0.2, 0.25) is 5.91 Å². The third kappa shape index (κ3) is 1.94. The first-order valence-electron chi connectivity index (χ1n) is 4.91. The molecule has 15 heavy (non-hydrogen) atoms. The first-order valence-corrected chi connectivity index (χ1v) is 4.91. The van der Waals surface area contributed by atoms with E-state index in [0.29, 0.717) is 18.7 Å². The second-order valence-electron chi connectivity index (χ2n) is 3.78. The molecule has 1 aromatic carbocycles. The van der Waals surface area contributed by atoms with Crippen LogP contribution >= 0.6 is 0 Å². The summed E-state index contributed by atoms with van der Waals surface area (Å²) in [4.78, 5) is 13.2. The van der Waals surface area contributed by atoms with Crippen LogP contribution in [0.1, 0.15) is 6.42 Å². The average molecular weight is 207 g/mol. The van der Waals surface area contributed by atoms with Crippen molar-refractivity contribution >= 4 is 11.6 Å². The van der Waals surface area contributed by atoms with Gasteiger partial charge < -0.3 is 15.1 Å². The zero-order valence-corrected chi connectivity index (χ0v) is 8.26. The summed E-state index contributed by atoms with van der Waals surface area (Å²) >= 11 is 0. The van der Waals surface area contributed by atoms with Crippen molar-refractivity contribution in [2.75, 3.05) is 18.1 Å². The van der Waals surface area contributed by atoms with E-state index in [1.807, 2.05) is 0 Å². The molecule has 1 atom stereocenters. The average Bonchev–Trinajstić information content (AvgIpc) is 2.60. The third-order valence-corrected chi connectivity index (χ3v) is 2.60. The first kappa shape index (κ1) is 9.98. The molecule has 4 nitrogen and oxygen atoms in total. The van der Waals surface area contributed by atoms with Crippen molar-refractivity contribution in [1.82, 2.24) is 0 Å². The maximum Gasteiger partial charge on any atom is 0.227 e. The highest BCUT2D eigenvalue weighted by Crippen LogP contribution is 2.26. The molecule has 0 spiro atoms. The van der Waals surface area contributed by atoms with Crippen LogP contribution in [-0.2, 0) is 4.79 Å². The van der Waals surface area contributed by atoms with Crippen LogP contribution in [0.3, 0.4) is 0 Å². The predicted molar refractivity (Wildman–Crippen MR) is 55.7 cm³/mol. The smallest absolute Gasteiger partial charge is 0.227 e. The number of phenols is 1. The van der Waals surface area contributed by atoms with Gasteiger partial charge in [-0.05, 0) is 12.1 Å². The van der Waals surface area contributed by atoms with Gasteiger partial charge in [0.15, 0.2) is 0 Å². The number of amides is 1. The van der Waals surface area contributed by atoms with Gasteiger partial charge in [-0.2, -0.15) is 0 Å². The molecule has 80 valence electrons. The number of rotatable bonds is 2. The van der Waals surface area contributed by atoms with Gasteiger partial charge in [0, 0.05) is 37.2 Å². The molecular formula is C11H13NO3. The fourth-order valence-corrected chi connectivity index (χ4v) is 1.81. The fraction of sp³-hybridized carbons (Fsp3) is 0.364. The summed E-state index contributed by atoms with van der Waals surface area (Å²) in [5.41, 5.74) is 0.691. The lowest BCUT2D eigenvalue weighted by Gasteiger charge is -2.16. The number of aliphatic hydroxyl groups is 1. The number of carbonyl (C=O) groups is 1. The maximum absolute atomic E-state index is 11.6. The molecule has 1 aliphatic heterocycles. The Labute approximate surface area is 87.8 Å². The van der Waals surface area contributed by atoms with Gasteiger partial charge in [0.1, 0.15) is 5.75 Å². The molecule has 0 aliphatic carbocycles. The van der Waals surface area contributed by atoms with E-state index in [1.165, 1.54) is 0 Å². The first-order chi connectivity index (χ1) is 7.20. The highest BCUT2D eigenvalue weighted by atomic mass is 16.3. The van der Waals surface area contributed by atoms with Gasteiger partial charge in [0.25, 0.3) is 0 Å². The number of anilines is 1. The number of hydrogen-bond donors (Lipinski definition) is 2. The minimum absolute atomic E-state index is 0.000324. The summed E-state index contributed by atoms with van der Waals surface area (Å²) in [6.07, 6.45) is 0.381. The van der Waals surface area contributed by atoms with Crippen LogP contribution in [-0.4, -0.2) is 29.3 Å². The van der Waals surface area contributed by atoms with Crippen LogP contribution in [0, 0.1) is 5.92 Å². The molecule has 1 unspecified atom stereocenters. The molecule has 0 aromatic heterocycles. The summed E-state index contributed by atoms with van der Waals surface area (Å²) < 4.78 is 0. The number of carbonyl (C=O) groups excluding carboxylic acids is 1. The van der Waals surface area contributed by atoms with Gasteiger partial charge in [-0.1, -0.05) is 6.07 Å².